The quantitative estimate of drug-likeness (QED) is 0.587. The topological polar surface area (TPSA) is 53.3 Å². The molecule has 1 fully saturated rings. The average Bonchev–Trinajstić information content (AvgIpc) is 3.05. The Bertz CT molecular complexity index is 879. The van der Waals surface area contributed by atoms with Gasteiger partial charge in [0.2, 0.25) is 0 Å². The maximum absolute atomic E-state index is 13.4. The highest BCUT2D eigenvalue weighted by Gasteiger charge is 2.45. The SMILES string of the molecule is C=C=CC1(OC(=O)c2c(C(F)(F)F)cnn2[C@H](C)c2ccccc2)COC1. The molecule has 0 unspecified atom stereocenters. The van der Waals surface area contributed by atoms with Crippen LogP contribution in [0.2, 0.25) is 0 Å². The number of benzene rings is 1. The number of rotatable bonds is 5. The first-order chi connectivity index (χ1) is 12.8. The van der Waals surface area contributed by atoms with Gasteiger partial charge in [-0.15, -0.1) is 5.73 Å². The van der Waals surface area contributed by atoms with Crippen molar-refractivity contribution in [2.24, 2.45) is 0 Å². The largest absolute Gasteiger partial charge is 0.444 e. The van der Waals surface area contributed by atoms with Gasteiger partial charge in [0.1, 0.15) is 5.56 Å². The van der Waals surface area contributed by atoms with Gasteiger partial charge in [-0.3, -0.25) is 4.68 Å². The first-order valence-corrected chi connectivity index (χ1v) is 8.15. The van der Waals surface area contributed by atoms with E-state index in [0.717, 1.165) is 4.68 Å². The van der Waals surface area contributed by atoms with E-state index in [1.807, 2.05) is 0 Å². The van der Waals surface area contributed by atoms with Crippen LogP contribution in [0.15, 0.2) is 54.9 Å². The fourth-order valence-corrected chi connectivity index (χ4v) is 2.83. The fourth-order valence-electron chi connectivity index (χ4n) is 2.83. The third kappa shape index (κ3) is 3.67. The number of carbonyl (C=O) groups excluding carboxylic acids is 1. The van der Waals surface area contributed by atoms with E-state index in [-0.39, 0.29) is 13.2 Å². The molecular formula is C19H17F3N2O3. The van der Waals surface area contributed by atoms with E-state index in [9.17, 15) is 18.0 Å². The van der Waals surface area contributed by atoms with Crippen LogP contribution in [0.3, 0.4) is 0 Å². The van der Waals surface area contributed by atoms with Crippen molar-refractivity contribution in [2.45, 2.75) is 24.7 Å². The second-order valence-electron chi connectivity index (χ2n) is 6.23. The Kier molecular flexibility index (Phi) is 4.95. The van der Waals surface area contributed by atoms with Crippen LogP contribution in [0.1, 0.15) is 34.6 Å². The maximum Gasteiger partial charge on any atom is 0.420 e. The summed E-state index contributed by atoms with van der Waals surface area (Å²) in [6, 6.07) is 8.19. The van der Waals surface area contributed by atoms with Crippen LogP contribution in [0.4, 0.5) is 13.2 Å². The van der Waals surface area contributed by atoms with E-state index >= 15 is 0 Å². The lowest BCUT2D eigenvalue weighted by Gasteiger charge is -2.37. The lowest BCUT2D eigenvalue weighted by atomic mass is 10.0. The molecule has 5 nitrogen and oxygen atoms in total. The molecule has 142 valence electrons. The highest BCUT2D eigenvalue weighted by Crippen LogP contribution is 2.35. The molecule has 1 aromatic carbocycles. The Morgan fingerprint density at radius 3 is 2.59 bits per heavy atom. The zero-order valence-electron chi connectivity index (χ0n) is 14.5. The van der Waals surface area contributed by atoms with E-state index in [2.05, 4.69) is 17.4 Å². The average molecular weight is 378 g/mol. The highest BCUT2D eigenvalue weighted by molar-refractivity contribution is 5.90. The molecule has 1 aliphatic heterocycles. The van der Waals surface area contributed by atoms with Crippen LogP contribution in [-0.4, -0.2) is 34.6 Å². The summed E-state index contributed by atoms with van der Waals surface area (Å²) in [7, 11) is 0. The molecule has 0 amide bonds. The minimum Gasteiger partial charge on any atom is -0.444 e. The van der Waals surface area contributed by atoms with Crippen LogP contribution in [0.5, 0.6) is 0 Å². The number of halogens is 3. The Morgan fingerprint density at radius 2 is 2.07 bits per heavy atom. The molecule has 0 N–H and O–H groups in total. The van der Waals surface area contributed by atoms with Crippen molar-refractivity contribution < 1.29 is 27.4 Å². The van der Waals surface area contributed by atoms with Crippen molar-refractivity contribution in [3.05, 3.63) is 71.7 Å². The van der Waals surface area contributed by atoms with Crippen molar-refractivity contribution in [3.63, 3.8) is 0 Å². The molecule has 0 radical (unpaired) electrons. The number of aromatic nitrogens is 2. The second-order valence-corrected chi connectivity index (χ2v) is 6.23. The first-order valence-electron chi connectivity index (χ1n) is 8.15. The molecule has 0 aliphatic carbocycles. The van der Waals surface area contributed by atoms with Crippen molar-refractivity contribution in [3.8, 4) is 0 Å². The monoisotopic (exact) mass is 378 g/mol. The van der Waals surface area contributed by atoms with E-state index in [1.165, 1.54) is 6.08 Å². The van der Waals surface area contributed by atoms with Crippen LogP contribution in [-0.2, 0) is 15.7 Å². The predicted octanol–water partition coefficient (Wildman–Crippen LogP) is 3.78. The number of hydrogen-bond donors (Lipinski definition) is 0. The van der Waals surface area contributed by atoms with Crippen LogP contribution < -0.4 is 0 Å². The molecule has 0 bridgehead atoms. The van der Waals surface area contributed by atoms with Crippen LogP contribution >= 0.6 is 0 Å². The minimum atomic E-state index is -4.75. The molecular weight excluding hydrogens is 361 g/mol. The van der Waals surface area contributed by atoms with Gasteiger partial charge in [0.25, 0.3) is 0 Å². The van der Waals surface area contributed by atoms with Crippen molar-refractivity contribution >= 4 is 5.97 Å². The van der Waals surface area contributed by atoms with Gasteiger partial charge in [-0.25, -0.2) is 4.79 Å². The Hall–Kier alpha value is -2.83. The normalized spacial score (nSPS) is 16.7. The third-order valence-electron chi connectivity index (χ3n) is 4.30. The van der Waals surface area contributed by atoms with Crippen LogP contribution in [0.25, 0.3) is 0 Å². The Labute approximate surface area is 153 Å². The molecule has 0 spiro atoms. The van der Waals surface area contributed by atoms with Crippen molar-refractivity contribution in [2.75, 3.05) is 13.2 Å². The van der Waals surface area contributed by atoms with Gasteiger partial charge in [-0.2, -0.15) is 18.3 Å². The molecule has 0 saturated carbocycles. The summed E-state index contributed by atoms with van der Waals surface area (Å²) in [6.07, 6.45) is -2.73. The number of alkyl halides is 3. The lowest BCUT2D eigenvalue weighted by Crippen LogP contribution is -2.51. The molecule has 2 aromatic rings. The van der Waals surface area contributed by atoms with Gasteiger partial charge >= 0.3 is 12.1 Å². The maximum atomic E-state index is 13.4. The summed E-state index contributed by atoms with van der Waals surface area (Å²) in [5, 5.41) is 3.83. The van der Waals surface area contributed by atoms with E-state index in [1.54, 1.807) is 37.3 Å². The molecule has 1 aromatic heterocycles. The van der Waals surface area contributed by atoms with Gasteiger partial charge < -0.3 is 9.47 Å². The molecule has 27 heavy (non-hydrogen) atoms. The number of hydrogen-bond acceptors (Lipinski definition) is 4. The molecule has 3 rings (SSSR count). The summed E-state index contributed by atoms with van der Waals surface area (Å²) in [6.45, 7) is 5.14. The summed E-state index contributed by atoms with van der Waals surface area (Å²) < 4.78 is 51.8. The number of ether oxygens (including phenoxy) is 2. The molecule has 8 heteroatoms. The molecule has 1 atom stereocenters. The molecule has 1 saturated heterocycles. The standard InChI is InChI=1S/C19H17F3N2O3/c1-3-9-18(11-26-12-18)27-17(25)16-15(19(20,21)22)10-23-24(16)13(2)14-7-5-4-6-8-14/h4-10,13H,1,11-12H2,2H3/t13-/m1/s1. The van der Waals surface area contributed by atoms with E-state index < -0.39 is 35.0 Å². The van der Waals surface area contributed by atoms with Crippen molar-refractivity contribution in [1.29, 1.82) is 0 Å². The predicted molar refractivity (Wildman–Crippen MR) is 90.2 cm³/mol. The van der Waals surface area contributed by atoms with Gasteiger partial charge in [0, 0.05) is 6.08 Å². The summed E-state index contributed by atoms with van der Waals surface area (Å²) in [4.78, 5) is 12.7. The molecule has 2 heterocycles. The number of esters is 1. The first kappa shape index (κ1) is 18.9. The fraction of sp³-hybridized carbons (Fsp3) is 0.316. The summed E-state index contributed by atoms with van der Waals surface area (Å²) in [5.41, 5.74) is 0.242. The highest BCUT2D eigenvalue weighted by atomic mass is 19.4. The zero-order valence-corrected chi connectivity index (χ0v) is 14.5. The number of nitrogens with zero attached hydrogens (tertiary/aromatic N) is 2. The zero-order chi connectivity index (χ0) is 19.7. The van der Waals surface area contributed by atoms with E-state index in [4.69, 9.17) is 9.47 Å². The van der Waals surface area contributed by atoms with Crippen molar-refractivity contribution in [1.82, 2.24) is 9.78 Å². The third-order valence-corrected chi connectivity index (χ3v) is 4.30. The van der Waals surface area contributed by atoms with Gasteiger partial charge in [0.15, 0.2) is 11.3 Å². The van der Waals surface area contributed by atoms with E-state index in [0.29, 0.717) is 11.8 Å². The lowest BCUT2D eigenvalue weighted by molar-refractivity contribution is -0.154. The summed E-state index contributed by atoms with van der Waals surface area (Å²) >= 11 is 0. The van der Waals surface area contributed by atoms with Gasteiger partial charge in [-0.1, -0.05) is 36.9 Å². The second kappa shape index (κ2) is 7.06. The minimum absolute atomic E-state index is 0.0327. The summed E-state index contributed by atoms with van der Waals surface area (Å²) in [5.74, 6) is -1.13. The molecule has 1 aliphatic rings. The Morgan fingerprint density at radius 1 is 1.41 bits per heavy atom. The van der Waals surface area contributed by atoms with Crippen LogP contribution in [0, 0.1) is 0 Å². The van der Waals surface area contributed by atoms with Gasteiger partial charge in [-0.05, 0) is 12.5 Å². The number of carbonyl (C=O) groups is 1. The Balaban J connectivity index is 2.02. The van der Waals surface area contributed by atoms with Gasteiger partial charge in [0.05, 0.1) is 25.5 Å². The smallest absolute Gasteiger partial charge is 0.420 e.